The van der Waals surface area contributed by atoms with Crippen molar-refractivity contribution >= 4 is 27.8 Å². The van der Waals surface area contributed by atoms with E-state index in [1.807, 2.05) is 61.5 Å². The third-order valence-electron chi connectivity index (χ3n) is 7.43. The van der Waals surface area contributed by atoms with Gasteiger partial charge in [0.2, 0.25) is 0 Å². The van der Waals surface area contributed by atoms with E-state index in [1.165, 1.54) is 17.8 Å². The van der Waals surface area contributed by atoms with Crippen molar-refractivity contribution in [2.75, 3.05) is 7.11 Å². The summed E-state index contributed by atoms with van der Waals surface area (Å²) in [4.78, 5) is 15.0. The number of carbonyl (C=O) groups is 1. The van der Waals surface area contributed by atoms with Gasteiger partial charge >= 0.3 is 6.18 Å². The van der Waals surface area contributed by atoms with Crippen LogP contribution in [-0.4, -0.2) is 23.3 Å². The lowest BCUT2D eigenvalue weighted by Crippen LogP contribution is -2.31. The number of halogens is 3. The number of amides is 1. The van der Waals surface area contributed by atoms with Crippen LogP contribution < -0.4 is 4.74 Å². The number of hydrogen-bond donors (Lipinski definition) is 0. The van der Waals surface area contributed by atoms with E-state index in [4.69, 9.17) is 4.74 Å². The average molecular weight is 550 g/mol. The van der Waals surface area contributed by atoms with E-state index in [0.717, 1.165) is 16.3 Å². The maximum Gasteiger partial charge on any atom is 0.416 e. The summed E-state index contributed by atoms with van der Waals surface area (Å²) in [5.41, 5.74) is 2.36. The first kappa shape index (κ1) is 27.1. The highest BCUT2D eigenvalue weighted by Gasteiger charge is 2.40. The number of fused-ring (bicyclic) bond motifs is 1. The van der Waals surface area contributed by atoms with Crippen molar-refractivity contribution in [2.45, 2.75) is 50.7 Å². The fraction of sp³-hybridized carbons (Fsp3) is 0.281. The number of thioether (sulfide) groups is 1. The van der Waals surface area contributed by atoms with Gasteiger partial charge in [-0.15, -0.1) is 0 Å². The van der Waals surface area contributed by atoms with Crippen LogP contribution in [0.4, 0.5) is 18.0 Å². The van der Waals surface area contributed by atoms with Crippen LogP contribution in [0.2, 0.25) is 0 Å². The minimum Gasteiger partial charge on any atom is -0.496 e. The van der Waals surface area contributed by atoms with Gasteiger partial charge in [0, 0.05) is 18.2 Å². The van der Waals surface area contributed by atoms with Gasteiger partial charge in [0.1, 0.15) is 5.75 Å². The lowest BCUT2D eigenvalue weighted by Gasteiger charge is -2.27. The molecule has 1 aliphatic rings. The molecule has 0 saturated carbocycles. The summed E-state index contributed by atoms with van der Waals surface area (Å²) in [6.07, 6.45) is -4.52. The summed E-state index contributed by atoms with van der Waals surface area (Å²) < 4.78 is 48.3. The molecule has 39 heavy (non-hydrogen) atoms. The number of hydrogen-bond acceptors (Lipinski definition) is 3. The lowest BCUT2D eigenvalue weighted by atomic mass is 9.88. The fourth-order valence-corrected chi connectivity index (χ4v) is 6.57. The molecule has 2 unspecified atom stereocenters. The Labute approximate surface area is 231 Å². The largest absolute Gasteiger partial charge is 0.496 e. The Balaban J connectivity index is 1.58. The van der Waals surface area contributed by atoms with Crippen LogP contribution in [0, 0.1) is 0 Å². The van der Waals surface area contributed by atoms with Crippen LogP contribution in [0.25, 0.3) is 21.9 Å². The number of rotatable bonds is 6. The molecule has 1 amide bonds. The van der Waals surface area contributed by atoms with Crippen molar-refractivity contribution in [3.05, 3.63) is 101 Å². The van der Waals surface area contributed by atoms with E-state index in [2.05, 4.69) is 6.07 Å². The molecule has 1 heterocycles. The van der Waals surface area contributed by atoms with E-state index in [1.54, 1.807) is 38.0 Å². The number of alkyl halides is 3. The van der Waals surface area contributed by atoms with Crippen molar-refractivity contribution in [3.8, 4) is 16.9 Å². The fourth-order valence-electron chi connectivity index (χ4n) is 5.36. The van der Waals surface area contributed by atoms with E-state index in [-0.39, 0.29) is 34.6 Å². The Morgan fingerprint density at radius 2 is 1.62 bits per heavy atom. The molecule has 2 atom stereocenters. The van der Waals surface area contributed by atoms with Crippen LogP contribution in [-0.2, 0) is 12.7 Å². The van der Waals surface area contributed by atoms with Crippen LogP contribution in [0.3, 0.4) is 0 Å². The summed E-state index contributed by atoms with van der Waals surface area (Å²) >= 11 is 1.23. The van der Waals surface area contributed by atoms with Gasteiger partial charge in [0.15, 0.2) is 0 Å². The second kappa shape index (κ2) is 10.6. The third kappa shape index (κ3) is 5.24. The standard InChI is InChI=1S/C32H30F3NO2S/c1-19(2)26-17-27(25-11-7-8-12-29(25)38-4)24(16-28(26)32(33,34)35)18-36-20(3)30(39-31(36)37)23-14-13-21-9-5-6-10-22(21)15-23/h5-17,19-20,30H,18H2,1-4H3. The molecule has 0 radical (unpaired) electrons. The molecule has 3 nitrogen and oxygen atoms in total. The maximum atomic E-state index is 14.2. The van der Waals surface area contributed by atoms with E-state index < -0.39 is 11.7 Å². The Bertz CT molecular complexity index is 1530. The smallest absolute Gasteiger partial charge is 0.416 e. The zero-order chi connectivity index (χ0) is 27.9. The minimum absolute atomic E-state index is 0.0614. The van der Waals surface area contributed by atoms with Crippen LogP contribution in [0.5, 0.6) is 5.75 Å². The monoisotopic (exact) mass is 549 g/mol. The van der Waals surface area contributed by atoms with E-state index in [9.17, 15) is 18.0 Å². The number of methoxy groups -OCH3 is 1. The predicted molar refractivity (Wildman–Crippen MR) is 152 cm³/mol. The first-order chi connectivity index (χ1) is 18.6. The van der Waals surface area contributed by atoms with Gasteiger partial charge in [-0.25, -0.2) is 0 Å². The molecule has 7 heteroatoms. The SMILES string of the molecule is COc1ccccc1-c1cc(C(C)C)c(C(F)(F)F)cc1CN1C(=O)SC(c2ccc3ccccc3c2)C1C. The van der Waals surface area contributed by atoms with Gasteiger partial charge in [-0.1, -0.05) is 80.2 Å². The summed E-state index contributed by atoms with van der Waals surface area (Å²) in [6.45, 7) is 5.54. The third-order valence-corrected chi connectivity index (χ3v) is 8.79. The molecule has 0 spiro atoms. The molecule has 0 bridgehead atoms. The van der Waals surface area contributed by atoms with Gasteiger partial charge in [0.05, 0.1) is 17.9 Å². The van der Waals surface area contributed by atoms with Gasteiger partial charge in [-0.3, -0.25) is 4.79 Å². The van der Waals surface area contributed by atoms with Crippen molar-refractivity contribution in [1.82, 2.24) is 4.90 Å². The second-order valence-electron chi connectivity index (χ2n) is 10.2. The first-order valence-corrected chi connectivity index (χ1v) is 13.8. The van der Waals surface area contributed by atoms with Crippen LogP contribution in [0.15, 0.2) is 78.9 Å². The van der Waals surface area contributed by atoms with Gasteiger partial charge in [-0.05, 0) is 70.1 Å². The van der Waals surface area contributed by atoms with Crippen molar-refractivity contribution in [1.29, 1.82) is 0 Å². The molecule has 0 aromatic heterocycles. The molecule has 1 saturated heterocycles. The molecule has 4 aromatic rings. The Kier molecular flexibility index (Phi) is 7.38. The highest BCUT2D eigenvalue weighted by Crippen LogP contribution is 2.46. The highest BCUT2D eigenvalue weighted by molar-refractivity contribution is 8.14. The summed E-state index contributed by atoms with van der Waals surface area (Å²) in [5, 5.41) is 1.93. The summed E-state index contributed by atoms with van der Waals surface area (Å²) in [7, 11) is 1.54. The number of para-hydroxylation sites is 1. The Morgan fingerprint density at radius 1 is 0.923 bits per heavy atom. The summed E-state index contributed by atoms with van der Waals surface area (Å²) in [5.74, 6) is 0.224. The first-order valence-electron chi connectivity index (χ1n) is 12.9. The molecule has 0 aliphatic carbocycles. The van der Waals surface area contributed by atoms with Crippen molar-refractivity contribution in [2.24, 2.45) is 0 Å². The lowest BCUT2D eigenvalue weighted by molar-refractivity contribution is -0.138. The zero-order valence-electron chi connectivity index (χ0n) is 22.3. The van der Waals surface area contributed by atoms with Gasteiger partial charge in [0.25, 0.3) is 5.24 Å². The Hall–Kier alpha value is -3.45. The van der Waals surface area contributed by atoms with Gasteiger partial charge < -0.3 is 9.64 Å². The number of benzene rings is 4. The van der Waals surface area contributed by atoms with Crippen LogP contribution >= 0.6 is 11.8 Å². The van der Waals surface area contributed by atoms with E-state index >= 15 is 0 Å². The van der Waals surface area contributed by atoms with E-state index in [0.29, 0.717) is 22.4 Å². The molecule has 1 fully saturated rings. The highest BCUT2D eigenvalue weighted by atomic mass is 32.2. The number of carbonyl (C=O) groups excluding carboxylic acids is 1. The number of ether oxygens (including phenoxy) is 1. The topological polar surface area (TPSA) is 29.5 Å². The quantitative estimate of drug-likeness (QED) is 0.240. The molecular formula is C32H30F3NO2S. The van der Waals surface area contributed by atoms with Gasteiger partial charge in [-0.2, -0.15) is 13.2 Å². The minimum atomic E-state index is -4.52. The molecular weight excluding hydrogens is 519 g/mol. The maximum absolute atomic E-state index is 14.2. The molecule has 0 N–H and O–H groups in total. The summed E-state index contributed by atoms with van der Waals surface area (Å²) in [6, 6.07) is 24.2. The van der Waals surface area contributed by atoms with Crippen molar-refractivity contribution in [3.63, 3.8) is 0 Å². The Morgan fingerprint density at radius 3 is 2.31 bits per heavy atom. The molecule has 1 aliphatic heterocycles. The number of nitrogens with zero attached hydrogens (tertiary/aromatic N) is 1. The predicted octanol–water partition coefficient (Wildman–Crippen LogP) is 9.46. The molecule has 4 aromatic carbocycles. The average Bonchev–Trinajstić information content (AvgIpc) is 3.20. The second-order valence-corrected chi connectivity index (χ2v) is 11.3. The molecule has 202 valence electrons. The van der Waals surface area contributed by atoms with Crippen molar-refractivity contribution < 1.29 is 22.7 Å². The zero-order valence-corrected chi connectivity index (χ0v) is 23.1. The van der Waals surface area contributed by atoms with Crippen LogP contribution in [0.1, 0.15) is 54.2 Å². The normalized spacial score (nSPS) is 17.8. The molecule has 5 rings (SSSR count).